The number of aliphatic hydroxyl groups is 3. The van der Waals surface area contributed by atoms with Crippen molar-refractivity contribution in [1.29, 1.82) is 0 Å². The first-order valence-corrected chi connectivity index (χ1v) is 20.3. The average molecular weight is 731 g/mol. The number of aliphatic hydroxyl groups excluding tert-OH is 3. The van der Waals surface area contributed by atoms with Gasteiger partial charge in [0.2, 0.25) is 0 Å². The Hall–Kier alpha value is -0.320. The van der Waals surface area contributed by atoms with Gasteiger partial charge >= 0.3 is 29.4 Å². The van der Waals surface area contributed by atoms with E-state index in [0.717, 1.165) is 25.7 Å². The molecule has 46 heavy (non-hydrogen) atoms. The van der Waals surface area contributed by atoms with Crippen molar-refractivity contribution >= 4 is 29.4 Å². The number of hydrogen-bond donors (Lipinski definition) is 8. The Balaban J connectivity index is 2.51. The maximum Gasteiger partial charge on any atom is 0.472 e. The number of carbonyl (C=O) groups excluding carboxylic acids is 1. The van der Waals surface area contributed by atoms with Gasteiger partial charge in [0.05, 0.1) is 6.61 Å². The van der Waals surface area contributed by atoms with Gasteiger partial charge in [-0.15, -0.1) is 0 Å². The van der Waals surface area contributed by atoms with E-state index in [1.807, 2.05) is 0 Å². The van der Waals surface area contributed by atoms with E-state index in [9.17, 15) is 38.7 Å². The molecule has 0 heterocycles. The normalized spacial score (nSPS) is 26.0. The highest BCUT2D eigenvalue weighted by Crippen LogP contribution is 2.51. The lowest BCUT2D eigenvalue weighted by Gasteiger charge is -2.44. The van der Waals surface area contributed by atoms with E-state index in [-0.39, 0.29) is 12.8 Å². The number of ether oxygens (including phenoxy) is 1. The number of hydrogen-bond acceptors (Lipinski definition) is 12. The largest absolute Gasteiger partial charge is 0.472 e. The summed E-state index contributed by atoms with van der Waals surface area (Å²) in [6.45, 7) is 3.17. The summed E-state index contributed by atoms with van der Waals surface area (Å²) in [7, 11) is -16.2. The van der Waals surface area contributed by atoms with Crippen molar-refractivity contribution in [2.45, 2.75) is 153 Å². The van der Waals surface area contributed by atoms with Gasteiger partial charge in [0.25, 0.3) is 0 Å². The van der Waals surface area contributed by atoms with Gasteiger partial charge in [0.1, 0.15) is 42.7 Å². The third-order valence-electron chi connectivity index (χ3n) is 7.45. The molecule has 0 radical (unpaired) electrons. The van der Waals surface area contributed by atoms with E-state index < -0.39 is 78.8 Å². The third kappa shape index (κ3) is 18.4. The second kappa shape index (κ2) is 21.7. The Morgan fingerprint density at radius 2 is 1.02 bits per heavy atom. The zero-order valence-electron chi connectivity index (χ0n) is 26.4. The molecular weight excluding hydrogens is 677 g/mol. The van der Waals surface area contributed by atoms with Crippen LogP contribution in [0.1, 0.15) is 110 Å². The van der Waals surface area contributed by atoms with E-state index in [2.05, 4.69) is 16.0 Å². The number of unbranched alkanes of at least 4 members (excludes halogenated alkanes) is 12. The van der Waals surface area contributed by atoms with Crippen LogP contribution >= 0.6 is 23.5 Å². The molecular formula is C26H53O17P3. The van der Waals surface area contributed by atoms with Crippen molar-refractivity contribution in [3.8, 4) is 0 Å². The molecule has 20 heteroatoms. The predicted octanol–water partition coefficient (Wildman–Crippen LogP) is 3.34. The maximum absolute atomic E-state index is 12.6. The van der Waals surface area contributed by atoms with Crippen molar-refractivity contribution < 1.29 is 81.1 Å². The maximum atomic E-state index is 12.6. The zero-order valence-corrected chi connectivity index (χ0v) is 29.1. The summed E-state index contributed by atoms with van der Waals surface area (Å²) in [5.74, 6) is -0.540. The van der Waals surface area contributed by atoms with Gasteiger partial charge in [-0.3, -0.25) is 22.9 Å². The van der Waals surface area contributed by atoms with Crippen LogP contribution in [0.3, 0.4) is 0 Å². The molecule has 1 fully saturated rings. The molecule has 0 spiro atoms. The Morgan fingerprint density at radius 3 is 1.46 bits per heavy atom. The van der Waals surface area contributed by atoms with Crippen LogP contribution in [-0.4, -0.2) is 95.1 Å². The first-order chi connectivity index (χ1) is 21.4. The molecule has 1 aliphatic carbocycles. The predicted molar refractivity (Wildman–Crippen MR) is 163 cm³/mol. The molecule has 1 aliphatic rings. The average Bonchev–Trinajstić information content (AvgIpc) is 2.95. The van der Waals surface area contributed by atoms with Crippen LogP contribution in [0, 0.1) is 0 Å². The van der Waals surface area contributed by atoms with Gasteiger partial charge in [-0.1, -0.05) is 90.9 Å². The smallest absolute Gasteiger partial charge is 0.460 e. The molecule has 0 aromatic carbocycles. The number of carbonyl (C=O) groups is 1. The fraction of sp³-hybridized carbons (Fsp3) is 0.962. The quantitative estimate of drug-likeness (QED) is 0.0380. The monoisotopic (exact) mass is 730 g/mol. The molecule has 17 nitrogen and oxygen atoms in total. The lowest BCUT2D eigenvalue weighted by molar-refractivity contribution is -0.213. The Morgan fingerprint density at radius 1 is 0.609 bits per heavy atom. The zero-order chi connectivity index (χ0) is 35.0. The van der Waals surface area contributed by atoms with Gasteiger partial charge in [0, 0.05) is 6.42 Å². The lowest BCUT2D eigenvalue weighted by atomic mass is 9.85. The number of rotatable bonds is 25. The van der Waals surface area contributed by atoms with Crippen LogP contribution in [0.25, 0.3) is 0 Å². The first kappa shape index (κ1) is 43.7. The molecule has 0 bridgehead atoms. The third-order valence-corrected chi connectivity index (χ3v) is 9.48. The highest BCUT2D eigenvalue weighted by atomic mass is 31.2. The molecule has 0 aromatic heterocycles. The van der Waals surface area contributed by atoms with Crippen LogP contribution in [0.4, 0.5) is 0 Å². The molecule has 4 unspecified atom stereocenters. The van der Waals surface area contributed by atoms with E-state index in [1.165, 1.54) is 51.4 Å². The van der Waals surface area contributed by atoms with Gasteiger partial charge in [-0.05, 0) is 12.8 Å². The van der Waals surface area contributed by atoms with Gasteiger partial charge in [-0.25, -0.2) is 13.7 Å². The van der Waals surface area contributed by atoms with Crippen LogP contribution in [0.15, 0.2) is 0 Å². The van der Waals surface area contributed by atoms with Crippen molar-refractivity contribution in [3.63, 3.8) is 0 Å². The summed E-state index contributed by atoms with van der Waals surface area (Å²) in [6, 6.07) is 0. The highest BCUT2D eigenvalue weighted by molar-refractivity contribution is 7.47. The van der Waals surface area contributed by atoms with Crippen LogP contribution in [0.2, 0.25) is 0 Å². The minimum atomic E-state index is -5.52. The SMILES string of the molecule is CCCCCCCCCCCCCCCC(=O)O[C@H](CC)COP(=O)(O)OC1C(O)[C@H](OP(=O)(O)O)C(OP(=O)(O)O)[C@H](O)[C@@H]1O. The highest BCUT2D eigenvalue weighted by Gasteiger charge is 2.56. The molecule has 8 atom stereocenters. The van der Waals surface area contributed by atoms with E-state index in [0.29, 0.717) is 6.42 Å². The molecule has 1 rings (SSSR count). The Labute approximate surface area is 270 Å². The minimum Gasteiger partial charge on any atom is -0.460 e. The summed E-state index contributed by atoms with van der Waals surface area (Å²) < 4.78 is 58.7. The second-order valence-electron chi connectivity index (χ2n) is 11.4. The number of phosphoric acid groups is 3. The van der Waals surface area contributed by atoms with Gasteiger partial charge in [-0.2, -0.15) is 0 Å². The molecule has 0 aromatic rings. The Kier molecular flexibility index (Phi) is 20.6. The van der Waals surface area contributed by atoms with Crippen LogP contribution in [0.5, 0.6) is 0 Å². The first-order valence-electron chi connectivity index (χ1n) is 15.8. The molecule has 8 N–H and O–H groups in total. The summed E-state index contributed by atoms with van der Waals surface area (Å²) >= 11 is 0. The summed E-state index contributed by atoms with van der Waals surface area (Å²) in [5.41, 5.74) is 0. The fourth-order valence-corrected chi connectivity index (χ4v) is 7.08. The van der Waals surface area contributed by atoms with Crippen molar-refractivity contribution in [1.82, 2.24) is 0 Å². The van der Waals surface area contributed by atoms with Crippen LogP contribution in [-0.2, 0) is 41.3 Å². The Bertz CT molecular complexity index is 1000. The van der Waals surface area contributed by atoms with E-state index in [4.69, 9.17) is 33.4 Å². The summed E-state index contributed by atoms with van der Waals surface area (Å²) in [4.78, 5) is 58.9. The number of phosphoric ester groups is 3. The van der Waals surface area contributed by atoms with Gasteiger partial charge in [0.15, 0.2) is 0 Å². The van der Waals surface area contributed by atoms with E-state index >= 15 is 0 Å². The van der Waals surface area contributed by atoms with Crippen molar-refractivity contribution in [3.05, 3.63) is 0 Å². The summed E-state index contributed by atoms with van der Waals surface area (Å²) in [6.07, 6.45) is -0.233. The molecule has 0 aliphatic heterocycles. The van der Waals surface area contributed by atoms with Gasteiger partial charge < -0.3 is 44.5 Å². The van der Waals surface area contributed by atoms with Crippen LogP contribution < -0.4 is 0 Å². The minimum absolute atomic E-state index is 0.138. The molecule has 0 saturated heterocycles. The molecule has 0 amide bonds. The van der Waals surface area contributed by atoms with Crippen molar-refractivity contribution in [2.75, 3.05) is 6.61 Å². The second-order valence-corrected chi connectivity index (χ2v) is 15.2. The van der Waals surface area contributed by atoms with Crippen molar-refractivity contribution in [2.24, 2.45) is 0 Å². The molecule has 1 saturated carbocycles. The number of esters is 1. The lowest BCUT2D eigenvalue weighted by Crippen LogP contribution is -2.65. The fourth-order valence-electron chi connectivity index (χ4n) is 4.98. The standard InChI is InChI=1S/C26H53O17P3/c1-3-5-6-7-8-9-10-11-12-13-14-15-16-17-20(27)40-19(4-2)18-39-46(37,38)43-24-21(28)22(29)25(41-44(31,32)33)26(23(24)30)42-45(34,35)36/h19,21-26,28-30H,3-18H2,1-2H3,(H,37,38)(H2,31,32,33)(H2,34,35,36)/t19-,21+,22-,23?,24?,25?,26+/m1/s1. The summed E-state index contributed by atoms with van der Waals surface area (Å²) in [5, 5.41) is 31.1. The van der Waals surface area contributed by atoms with E-state index in [1.54, 1.807) is 6.92 Å². The topological polar surface area (TPSA) is 276 Å². The molecule has 274 valence electrons.